The fourth-order valence-corrected chi connectivity index (χ4v) is 2.03. The number of rotatable bonds is 6. The van der Waals surface area contributed by atoms with E-state index in [0.717, 1.165) is 0 Å². The molecule has 2 aromatic rings. The number of amidine groups is 1. The van der Waals surface area contributed by atoms with E-state index in [9.17, 15) is 9.59 Å². The molecule has 0 aliphatic heterocycles. The van der Waals surface area contributed by atoms with E-state index in [1.165, 1.54) is 0 Å². The van der Waals surface area contributed by atoms with Crippen LogP contribution in [0.25, 0.3) is 0 Å². The van der Waals surface area contributed by atoms with E-state index in [1.807, 2.05) is 0 Å². The van der Waals surface area contributed by atoms with Crippen LogP contribution in [-0.4, -0.2) is 24.2 Å². The summed E-state index contributed by atoms with van der Waals surface area (Å²) in [6, 6.07) is 13.2. The molecule has 0 aromatic heterocycles. The first-order chi connectivity index (χ1) is 11.5. The van der Waals surface area contributed by atoms with Gasteiger partial charge in [0.1, 0.15) is 0 Å². The van der Waals surface area contributed by atoms with E-state index < -0.39 is 0 Å². The Morgan fingerprint density at radius 1 is 1.00 bits per heavy atom. The van der Waals surface area contributed by atoms with Gasteiger partial charge < -0.3 is 22.1 Å². The zero-order valence-corrected chi connectivity index (χ0v) is 13.0. The quantitative estimate of drug-likeness (QED) is 0.313. The number of nitrogen functional groups attached to an aromatic ring is 1. The van der Waals surface area contributed by atoms with Gasteiger partial charge in [-0.3, -0.25) is 15.0 Å². The maximum absolute atomic E-state index is 12.2. The highest BCUT2D eigenvalue weighted by molar-refractivity contribution is 6.05. The van der Waals surface area contributed by atoms with Crippen LogP contribution in [0, 0.1) is 5.41 Å². The number of hydrogen-bond donors (Lipinski definition) is 5. The van der Waals surface area contributed by atoms with E-state index in [1.54, 1.807) is 48.5 Å². The fraction of sp³-hybridized carbons (Fsp3) is 0.118. The first kappa shape index (κ1) is 17.0. The van der Waals surface area contributed by atoms with Crippen LogP contribution in [-0.2, 0) is 0 Å². The molecule has 0 spiro atoms. The molecule has 0 aliphatic rings. The molecule has 0 aliphatic carbocycles. The van der Waals surface area contributed by atoms with Crippen molar-refractivity contribution in [2.75, 3.05) is 17.6 Å². The lowest BCUT2D eigenvalue weighted by Crippen LogP contribution is -2.27. The molecule has 7 N–H and O–H groups in total. The van der Waals surface area contributed by atoms with Gasteiger partial charge in [-0.05, 0) is 36.4 Å². The van der Waals surface area contributed by atoms with E-state index in [2.05, 4.69) is 10.6 Å². The van der Waals surface area contributed by atoms with Crippen molar-refractivity contribution < 1.29 is 9.59 Å². The normalized spacial score (nSPS) is 10.0. The minimum Gasteiger partial charge on any atom is -0.399 e. The first-order valence-corrected chi connectivity index (χ1v) is 7.34. The van der Waals surface area contributed by atoms with Crippen molar-refractivity contribution in [3.05, 3.63) is 59.7 Å². The van der Waals surface area contributed by atoms with Crippen molar-refractivity contribution >= 4 is 29.0 Å². The van der Waals surface area contributed by atoms with Gasteiger partial charge in [0.25, 0.3) is 11.8 Å². The number of amides is 2. The Morgan fingerprint density at radius 2 is 1.67 bits per heavy atom. The van der Waals surface area contributed by atoms with Crippen molar-refractivity contribution in [2.24, 2.45) is 5.73 Å². The Hall–Kier alpha value is -3.35. The number of hydrogen-bond acceptors (Lipinski definition) is 4. The lowest BCUT2D eigenvalue weighted by atomic mass is 10.1. The third-order valence-electron chi connectivity index (χ3n) is 3.21. The minimum absolute atomic E-state index is 0.0125. The number of anilines is 2. The third kappa shape index (κ3) is 4.84. The molecule has 0 unspecified atom stereocenters. The summed E-state index contributed by atoms with van der Waals surface area (Å²) in [4.78, 5) is 24.2. The number of benzene rings is 2. The highest BCUT2D eigenvalue weighted by Crippen LogP contribution is 2.13. The smallest absolute Gasteiger partial charge is 0.255 e. The fourth-order valence-electron chi connectivity index (χ4n) is 2.03. The van der Waals surface area contributed by atoms with E-state index in [-0.39, 0.29) is 30.6 Å². The van der Waals surface area contributed by atoms with Gasteiger partial charge in [-0.2, -0.15) is 0 Å². The topological polar surface area (TPSA) is 134 Å². The summed E-state index contributed by atoms with van der Waals surface area (Å²) < 4.78 is 0. The Balaban J connectivity index is 2.03. The largest absolute Gasteiger partial charge is 0.399 e. The Labute approximate surface area is 139 Å². The maximum atomic E-state index is 12.2. The summed E-state index contributed by atoms with van der Waals surface area (Å²) in [6.45, 7) is 0.286. The van der Waals surface area contributed by atoms with Crippen LogP contribution in [0.5, 0.6) is 0 Å². The molecule has 124 valence electrons. The SMILES string of the molecule is N=C(N)CCNC(=O)c1cccc(NC(=O)c2cccc(N)c2)c1. The zero-order chi connectivity index (χ0) is 17.5. The van der Waals surface area contributed by atoms with Crippen molar-refractivity contribution in [1.82, 2.24) is 5.32 Å². The molecular formula is C17H19N5O2. The number of carbonyl (C=O) groups is 2. The van der Waals surface area contributed by atoms with Gasteiger partial charge in [-0.1, -0.05) is 12.1 Å². The molecule has 2 amide bonds. The standard InChI is InChI=1S/C17H19N5O2/c18-13-5-1-3-11(9-13)17(24)22-14-6-2-4-12(10-14)16(23)21-8-7-15(19)20/h1-6,9-10H,7-8,18H2,(H3,19,20)(H,21,23)(H,22,24). The van der Waals surface area contributed by atoms with Crippen molar-refractivity contribution in [2.45, 2.75) is 6.42 Å². The zero-order valence-electron chi connectivity index (χ0n) is 13.0. The predicted molar refractivity (Wildman–Crippen MR) is 94.1 cm³/mol. The number of carbonyl (C=O) groups excluding carboxylic acids is 2. The summed E-state index contributed by atoms with van der Waals surface area (Å²) >= 11 is 0. The summed E-state index contributed by atoms with van der Waals surface area (Å²) in [5.41, 5.74) is 12.7. The van der Waals surface area contributed by atoms with Gasteiger partial charge in [0.2, 0.25) is 0 Å². The summed E-state index contributed by atoms with van der Waals surface area (Å²) in [5.74, 6) is -0.591. The predicted octanol–water partition coefficient (Wildman–Crippen LogP) is 1.58. The maximum Gasteiger partial charge on any atom is 0.255 e. The van der Waals surface area contributed by atoms with Crippen LogP contribution in [0.3, 0.4) is 0 Å². The van der Waals surface area contributed by atoms with E-state index in [0.29, 0.717) is 22.5 Å². The third-order valence-corrected chi connectivity index (χ3v) is 3.21. The molecule has 0 bridgehead atoms. The summed E-state index contributed by atoms with van der Waals surface area (Å²) in [7, 11) is 0. The monoisotopic (exact) mass is 325 g/mol. The van der Waals surface area contributed by atoms with Crippen molar-refractivity contribution in [1.29, 1.82) is 5.41 Å². The molecule has 0 saturated heterocycles. The van der Waals surface area contributed by atoms with Crippen molar-refractivity contribution in [3.8, 4) is 0 Å². The molecule has 7 nitrogen and oxygen atoms in total. The van der Waals surface area contributed by atoms with Gasteiger partial charge in [-0.25, -0.2) is 0 Å². The minimum atomic E-state index is -0.309. The van der Waals surface area contributed by atoms with Gasteiger partial charge in [-0.15, -0.1) is 0 Å². The lowest BCUT2D eigenvalue weighted by molar-refractivity contribution is 0.0953. The molecule has 0 heterocycles. The summed E-state index contributed by atoms with van der Waals surface area (Å²) in [5, 5.41) is 12.5. The molecule has 24 heavy (non-hydrogen) atoms. The first-order valence-electron chi connectivity index (χ1n) is 7.34. The molecule has 2 rings (SSSR count). The van der Waals surface area contributed by atoms with Crippen LogP contribution in [0.4, 0.5) is 11.4 Å². The number of nitrogens with two attached hydrogens (primary N) is 2. The van der Waals surface area contributed by atoms with Gasteiger partial charge in [0.15, 0.2) is 0 Å². The lowest BCUT2D eigenvalue weighted by Gasteiger charge is -2.08. The highest BCUT2D eigenvalue weighted by atomic mass is 16.2. The Kier molecular flexibility index (Phi) is 5.51. The van der Waals surface area contributed by atoms with Crippen LogP contribution in [0.15, 0.2) is 48.5 Å². The average Bonchev–Trinajstić information content (AvgIpc) is 2.54. The Morgan fingerprint density at radius 3 is 2.33 bits per heavy atom. The van der Waals surface area contributed by atoms with E-state index >= 15 is 0 Å². The molecular weight excluding hydrogens is 306 g/mol. The van der Waals surface area contributed by atoms with E-state index in [4.69, 9.17) is 16.9 Å². The van der Waals surface area contributed by atoms with Gasteiger partial charge in [0, 0.05) is 35.5 Å². The highest BCUT2D eigenvalue weighted by Gasteiger charge is 2.09. The molecule has 0 saturated carbocycles. The summed E-state index contributed by atoms with van der Waals surface area (Å²) in [6.07, 6.45) is 0.289. The van der Waals surface area contributed by atoms with Gasteiger partial charge >= 0.3 is 0 Å². The van der Waals surface area contributed by atoms with Crippen molar-refractivity contribution in [3.63, 3.8) is 0 Å². The molecule has 0 radical (unpaired) electrons. The second kappa shape index (κ2) is 7.77. The molecule has 0 fully saturated rings. The molecule has 0 atom stereocenters. The van der Waals surface area contributed by atoms with Crippen LogP contribution in [0.2, 0.25) is 0 Å². The average molecular weight is 325 g/mol. The second-order valence-electron chi connectivity index (χ2n) is 5.19. The van der Waals surface area contributed by atoms with Crippen LogP contribution >= 0.6 is 0 Å². The molecule has 2 aromatic carbocycles. The molecule has 7 heteroatoms. The second-order valence-corrected chi connectivity index (χ2v) is 5.19. The number of nitrogens with one attached hydrogen (secondary N) is 3. The van der Waals surface area contributed by atoms with Crippen LogP contribution < -0.4 is 22.1 Å². The van der Waals surface area contributed by atoms with Gasteiger partial charge in [0.05, 0.1) is 5.84 Å². The Bertz CT molecular complexity index is 773. The van der Waals surface area contributed by atoms with Crippen LogP contribution in [0.1, 0.15) is 27.1 Å².